The molecule has 4 heteroatoms. The zero-order valence-corrected chi connectivity index (χ0v) is 15.8. The second-order valence-electron chi connectivity index (χ2n) is 9.00. The fourth-order valence-electron chi connectivity index (χ4n) is 5.98. The Labute approximate surface area is 148 Å². The number of nitrogens with zero attached hydrogens (tertiary/aromatic N) is 1. The number of carbonyl (C=O) groups excluding carboxylic acids is 1. The van der Waals surface area contributed by atoms with Gasteiger partial charge in [0.2, 0.25) is 5.91 Å². The topological polar surface area (TPSA) is 44.4 Å². The molecule has 138 valence electrons. The Kier molecular flexibility index (Phi) is 6.20. The van der Waals surface area contributed by atoms with Crippen molar-refractivity contribution in [3.05, 3.63) is 0 Å². The van der Waals surface area contributed by atoms with Crippen LogP contribution in [-0.4, -0.2) is 50.6 Å². The molecule has 0 spiro atoms. The van der Waals surface area contributed by atoms with Gasteiger partial charge in [0.25, 0.3) is 0 Å². The zero-order chi connectivity index (χ0) is 17.0. The van der Waals surface area contributed by atoms with E-state index in [2.05, 4.69) is 29.5 Å². The van der Waals surface area contributed by atoms with E-state index in [9.17, 15) is 4.79 Å². The maximum absolute atomic E-state index is 12.5. The summed E-state index contributed by atoms with van der Waals surface area (Å²) in [5.74, 6) is 3.11. The first-order chi connectivity index (χ1) is 11.6. The predicted octanol–water partition coefficient (Wildman–Crippen LogP) is 2.64. The summed E-state index contributed by atoms with van der Waals surface area (Å²) < 4.78 is 0. The Morgan fingerprint density at radius 2 is 1.58 bits per heavy atom. The van der Waals surface area contributed by atoms with E-state index in [-0.39, 0.29) is 0 Å². The van der Waals surface area contributed by atoms with Crippen molar-refractivity contribution in [3.63, 3.8) is 0 Å². The molecule has 0 aromatic heterocycles. The van der Waals surface area contributed by atoms with Crippen LogP contribution in [0.1, 0.15) is 58.3 Å². The average Bonchev–Trinajstić information content (AvgIpc) is 2.49. The first-order valence-corrected chi connectivity index (χ1v) is 10.2. The molecule has 4 saturated carbocycles. The molecule has 0 heterocycles. The number of nitrogens with one attached hydrogen (secondary N) is 2. The quantitative estimate of drug-likeness (QED) is 0.603. The Hall–Kier alpha value is -0.610. The van der Waals surface area contributed by atoms with Gasteiger partial charge < -0.3 is 15.5 Å². The summed E-state index contributed by atoms with van der Waals surface area (Å²) in [5, 5.41) is 6.61. The van der Waals surface area contributed by atoms with Gasteiger partial charge in [0.1, 0.15) is 0 Å². The highest BCUT2D eigenvalue weighted by atomic mass is 16.1. The number of rotatable bonds is 10. The molecule has 2 N–H and O–H groups in total. The number of hydrogen-bond donors (Lipinski definition) is 2. The van der Waals surface area contributed by atoms with Crippen LogP contribution in [0.25, 0.3) is 0 Å². The van der Waals surface area contributed by atoms with Gasteiger partial charge in [-0.25, -0.2) is 0 Å². The van der Waals surface area contributed by atoms with Gasteiger partial charge in [-0.2, -0.15) is 0 Å². The van der Waals surface area contributed by atoms with Crippen molar-refractivity contribution in [2.75, 3.05) is 39.8 Å². The summed E-state index contributed by atoms with van der Waals surface area (Å²) >= 11 is 0. The largest absolute Gasteiger partial charge is 0.355 e. The van der Waals surface area contributed by atoms with Crippen LogP contribution in [0.2, 0.25) is 0 Å². The molecule has 24 heavy (non-hydrogen) atoms. The van der Waals surface area contributed by atoms with Gasteiger partial charge >= 0.3 is 0 Å². The van der Waals surface area contributed by atoms with Crippen LogP contribution in [0.15, 0.2) is 0 Å². The lowest BCUT2D eigenvalue weighted by molar-refractivity contribution is -0.129. The van der Waals surface area contributed by atoms with E-state index >= 15 is 0 Å². The Morgan fingerprint density at radius 1 is 1.00 bits per heavy atom. The molecule has 0 unspecified atom stereocenters. The number of carbonyl (C=O) groups is 1. The maximum atomic E-state index is 12.5. The van der Waals surface area contributed by atoms with Gasteiger partial charge in [-0.15, -0.1) is 0 Å². The summed E-state index contributed by atoms with van der Waals surface area (Å²) in [6, 6.07) is 0. The third-order valence-corrected chi connectivity index (χ3v) is 6.61. The van der Waals surface area contributed by atoms with Crippen molar-refractivity contribution in [3.8, 4) is 0 Å². The zero-order valence-electron chi connectivity index (χ0n) is 15.8. The van der Waals surface area contributed by atoms with Gasteiger partial charge in [-0.1, -0.05) is 6.92 Å². The molecular weight excluding hydrogens is 298 g/mol. The summed E-state index contributed by atoms with van der Waals surface area (Å²) in [6.45, 7) is 7.10. The molecule has 0 aromatic rings. The molecule has 0 aromatic carbocycles. The molecule has 0 radical (unpaired) electrons. The normalized spacial score (nSPS) is 34.0. The minimum Gasteiger partial charge on any atom is -0.355 e. The lowest BCUT2D eigenvalue weighted by Crippen LogP contribution is -2.48. The van der Waals surface area contributed by atoms with Gasteiger partial charge in [0, 0.05) is 32.6 Å². The van der Waals surface area contributed by atoms with Crippen molar-refractivity contribution in [1.82, 2.24) is 15.5 Å². The minimum atomic E-state index is 0.300. The lowest BCUT2D eigenvalue weighted by atomic mass is 9.49. The molecular formula is C20H37N3O. The highest BCUT2D eigenvalue weighted by molar-refractivity contribution is 5.76. The van der Waals surface area contributed by atoms with Gasteiger partial charge in [-0.3, -0.25) is 4.79 Å². The van der Waals surface area contributed by atoms with Crippen LogP contribution in [0.3, 0.4) is 0 Å². The van der Waals surface area contributed by atoms with Crippen LogP contribution >= 0.6 is 0 Å². The molecule has 4 rings (SSSR count). The molecule has 4 fully saturated rings. The highest BCUT2D eigenvalue weighted by Gasteiger charge is 2.51. The smallest absolute Gasteiger partial charge is 0.220 e. The highest BCUT2D eigenvalue weighted by Crippen LogP contribution is 2.61. The molecule has 4 aliphatic rings. The first-order valence-electron chi connectivity index (χ1n) is 10.2. The van der Waals surface area contributed by atoms with E-state index < -0.39 is 0 Å². The third-order valence-electron chi connectivity index (χ3n) is 6.61. The van der Waals surface area contributed by atoms with E-state index in [1.165, 1.54) is 44.9 Å². The van der Waals surface area contributed by atoms with Crippen molar-refractivity contribution in [1.29, 1.82) is 0 Å². The van der Waals surface area contributed by atoms with E-state index in [4.69, 9.17) is 0 Å². The molecule has 1 amide bonds. The maximum Gasteiger partial charge on any atom is 0.220 e. The van der Waals surface area contributed by atoms with Gasteiger partial charge in [-0.05, 0) is 81.7 Å². The Morgan fingerprint density at radius 3 is 2.17 bits per heavy atom. The summed E-state index contributed by atoms with van der Waals surface area (Å²) in [7, 11) is 2.14. The number of amides is 1. The average molecular weight is 336 g/mol. The van der Waals surface area contributed by atoms with Crippen molar-refractivity contribution >= 4 is 5.91 Å². The molecule has 0 aliphatic heterocycles. The van der Waals surface area contributed by atoms with Gasteiger partial charge in [0.05, 0.1) is 0 Å². The van der Waals surface area contributed by atoms with E-state index in [1.807, 2.05) is 0 Å². The fourth-order valence-corrected chi connectivity index (χ4v) is 5.98. The van der Waals surface area contributed by atoms with Gasteiger partial charge in [0.15, 0.2) is 0 Å². The molecule has 4 nitrogen and oxygen atoms in total. The third kappa shape index (κ3) is 4.72. The van der Waals surface area contributed by atoms with Crippen LogP contribution < -0.4 is 10.6 Å². The van der Waals surface area contributed by atoms with Crippen LogP contribution in [0.4, 0.5) is 0 Å². The van der Waals surface area contributed by atoms with E-state index in [0.29, 0.717) is 11.3 Å². The second-order valence-corrected chi connectivity index (χ2v) is 9.00. The monoisotopic (exact) mass is 335 g/mol. The minimum absolute atomic E-state index is 0.300. The number of likely N-dealkylation sites (N-methyl/N-ethyl adjacent to an activating group) is 1. The lowest BCUT2D eigenvalue weighted by Gasteiger charge is -2.56. The van der Waals surface area contributed by atoms with Crippen LogP contribution in [0.5, 0.6) is 0 Å². The first kappa shape index (κ1) is 18.2. The van der Waals surface area contributed by atoms with E-state index in [0.717, 1.165) is 56.9 Å². The molecule has 4 bridgehead atoms. The molecule has 0 atom stereocenters. The van der Waals surface area contributed by atoms with Crippen molar-refractivity contribution in [2.45, 2.75) is 58.3 Å². The predicted molar refractivity (Wildman–Crippen MR) is 98.9 cm³/mol. The Balaban J connectivity index is 1.33. The fraction of sp³-hybridized carbons (Fsp3) is 0.950. The summed E-state index contributed by atoms with van der Waals surface area (Å²) in [5.41, 5.74) is 0.370. The van der Waals surface area contributed by atoms with E-state index in [1.54, 1.807) is 0 Å². The number of hydrogen-bond acceptors (Lipinski definition) is 3. The van der Waals surface area contributed by atoms with Crippen molar-refractivity contribution in [2.24, 2.45) is 23.2 Å². The SMILES string of the molecule is CCCNCCN(C)CCNC(=O)CC12CC3CC(CC(C3)C1)C2. The summed E-state index contributed by atoms with van der Waals surface area (Å²) in [6.07, 6.45) is 10.3. The summed E-state index contributed by atoms with van der Waals surface area (Å²) in [4.78, 5) is 14.8. The second kappa shape index (κ2) is 8.18. The van der Waals surface area contributed by atoms with Crippen LogP contribution in [0, 0.1) is 23.2 Å². The molecule has 4 aliphatic carbocycles. The van der Waals surface area contributed by atoms with Crippen molar-refractivity contribution < 1.29 is 4.79 Å². The standard InChI is InChI=1S/C20H37N3O/c1-3-4-21-5-7-23(2)8-6-22-19(24)15-20-12-16-9-17(13-20)11-18(10-16)14-20/h16-18,21H,3-15H2,1-2H3,(H,22,24). The Bertz CT molecular complexity index is 388. The molecule has 0 saturated heterocycles. The van der Waals surface area contributed by atoms with Crippen LogP contribution in [-0.2, 0) is 4.79 Å².